The van der Waals surface area contributed by atoms with Crippen LogP contribution < -0.4 is 10.1 Å². The van der Waals surface area contributed by atoms with Crippen LogP contribution in [0.3, 0.4) is 0 Å². The van der Waals surface area contributed by atoms with Gasteiger partial charge in [-0.05, 0) is 32.4 Å². The molecular formula is C16H27NO3. The van der Waals surface area contributed by atoms with Gasteiger partial charge in [-0.2, -0.15) is 0 Å². The number of phenols is 1. The maximum Gasteiger partial charge on any atom is 0.162 e. The van der Waals surface area contributed by atoms with E-state index in [2.05, 4.69) is 12.2 Å². The van der Waals surface area contributed by atoms with Crippen LogP contribution in [0.25, 0.3) is 0 Å². The molecule has 0 aromatic heterocycles. The van der Waals surface area contributed by atoms with Gasteiger partial charge in [0.25, 0.3) is 0 Å². The van der Waals surface area contributed by atoms with Gasteiger partial charge in [0, 0.05) is 25.3 Å². The number of unbranched alkanes of at least 4 members (excludes halogenated alkanes) is 1. The molecule has 0 aliphatic rings. The minimum absolute atomic E-state index is 0.237. The quantitative estimate of drug-likeness (QED) is 0.612. The second-order valence-electron chi connectivity index (χ2n) is 4.69. The smallest absolute Gasteiger partial charge is 0.162 e. The van der Waals surface area contributed by atoms with Crippen molar-refractivity contribution in [2.24, 2.45) is 0 Å². The zero-order valence-electron chi connectivity index (χ0n) is 12.7. The minimum Gasteiger partial charge on any atom is -0.504 e. The molecule has 1 rings (SSSR count). The summed E-state index contributed by atoms with van der Waals surface area (Å²) in [6, 6.07) is 5.59. The Morgan fingerprint density at radius 1 is 1.15 bits per heavy atom. The van der Waals surface area contributed by atoms with Crippen LogP contribution in [-0.2, 0) is 11.3 Å². The Morgan fingerprint density at radius 3 is 2.70 bits per heavy atom. The molecule has 4 nitrogen and oxygen atoms in total. The van der Waals surface area contributed by atoms with Crippen molar-refractivity contribution in [3.05, 3.63) is 23.8 Å². The van der Waals surface area contributed by atoms with Gasteiger partial charge >= 0.3 is 0 Å². The predicted molar refractivity (Wildman–Crippen MR) is 81.3 cm³/mol. The average molecular weight is 281 g/mol. The number of para-hydroxylation sites is 1. The predicted octanol–water partition coefficient (Wildman–Crippen LogP) is 3.09. The number of aromatic hydroxyl groups is 1. The summed E-state index contributed by atoms with van der Waals surface area (Å²) in [5, 5.41) is 13.3. The van der Waals surface area contributed by atoms with Crippen LogP contribution in [0.2, 0.25) is 0 Å². The Labute approximate surface area is 122 Å². The number of rotatable bonds is 11. The molecular weight excluding hydrogens is 254 g/mol. The molecule has 0 aliphatic carbocycles. The van der Waals surface area contributed by atoms with Crippen LogP contribution in [0.5, 0.6) is 11.5 Å². The zero-order chi connectivity index (χ0) is 14.6. The average Bonchev–Trinajstić information content (AvgIpc) is 2.45. The fraction of sp³-hybridized carbons (Fsp3) is 0.625. The summed E-state index contributed by atoms with van der Waals surface area (Å²) >= 11 is 0. The fourth-order valence-electron chi connectivity index (χ4n) is 1.85. The fourth-order valence-corrected chi connectivity index (χ4v) is 1.85. The van der Waals surface area contributed by atoms with Crippen LogP contribution in [-0.4, -0.2) is 31.5 Å². The molecule has 0 unspecified atom stereocenters. The lowest BCUT2D eigenvalue weighted by molar-refractivity contribution is 0.128. The number of benzene rings is 1. The first kappa shape index (κ1) is 16.8. The van der Waals surface area contributed by atoms with Crippen molar-refractivity contribution in [1.82, 2.24) is 5.32 Å². The Kier molecular flexibility index (Phi) is 8.83. The van der Waals surface area contributed by atoms with Gasteiger partial charge in [0.1, 0.15) is 0 Å². The molecule has 0 radical (unpaired) electrons. The topological polar surface area (TPSA) is 50.7 Å². The summed E-state index contributed by atoms with van der Waals surface area (Å²) in [4.78, 5) is 0. The second-order valence-corrected chi connectivity index (χ2v) is 4.69. The van der Waals surface area contributed by atoms with Crippen molar-refractivity contribution in [2.75, 3.05) is 26.4 Å². The van der Waals surface area contributed by atoms with Crippen LogP contribution >= 0.6 is 0 Å². The molecule has 0 bridgehead atoms. The first-order valence-electron chi connectivity index (χ1n) is 7.51. The SMILES string of the molecule is CCCCOCCCNCc1cccc(OCC)c1O. The Hall–Kier alpha value is -1.26. The molecule has 0 heterocycles. The van der Waals surface area contributed by atoms with Crippen molar-refractivity contribution in [1.29, 1.82) is 0 Å². The number of hydrogen-bond donors (Lipinski definition) is 2. The van der Waals surface area contributed by atoms with Crippen LogP contribution in [0.4, 0.5) is 0 Å². The largest absolute Gasteiger partial charge is 0.504 e. The third-order valence-electron chi connectivity index (χ3n) is 2.98. The number of ether oxygens (including phenoxy) is 2. The van der Waals surface area contributed by atoms with E-state index in [-0.39, 0.29) is 5.75 Å². The van der Waals surface area contributed by atoms with Crippen molar-refractivity contribution in [2.45, 2.75) is 39.7 Å². The lowest BCUT2D eigenvalue weighted by Gasteiger charge is -2.11. The molecule has 0 atom stereocenters. The molecule has 0 saturated carbocycles. The molecule has 2 N–H and O–H groups in total. The minimum atomic E-state index is 0.237. The van der Waals surface area contributed by atoms with E-state index in [1.807, 2.05) is 19.1 Å². The van der Waals surface area contributed by atoms with E-state index in [0.29, 0.717) is 18.9 Å². The number of hydrogen-bond acceptors (Lipinski definition) is 4. The second kappa shape index (κ2) is 10.5. The molecule has 0 fully saturated rings. The summed E-state index contributed by atoms with van der Waals surface area (Å²) < 4.78 is 10.9. The lowest BCUT2D eigenvalue weighted by atomic mass is 10.2. The zero-order valence-corrected chi connectivity index (χ0v) is 12.7. The lowest BCUT2D eigenvalue weighted by Crippen LogP contribution is -2.16. The third-order valence-corrected chi connectivity index (χ3v) is 2.98. The first-order valence-corrected chi connectivity index (χ1v) is 7.51. The van der Waals surface area contributed by atoms with Gasteiger partial charge in [0.2, 0.25) is 0 Å². The van der Waals surface area contributed by atoms with E-state index >= 15 is 0 Å². The van der Waals surface area contributed by atoms with Crippen LogP contribution in [0.1, 0.15) is 38.7 Å². The highest BCUT2D eigenvalue weighted by atomic mass is 16.5. The van der Waals surface area contributed by atoms with Gasteiger partial charge in [-0.3, -0.25) is 0 Å². The molecule has 0 aliphatic heterocycles. The highest BCUT2D eigenvalue weighted by Gasteiger charge is 2.06. The first-order chi connectivity index (χ1) is 9.79. The van der Waals surface area contributed by atoms with Crippen molar-refractivity contribution >= 4 is 0 Å². The molecule has 0 saturated heterocycles. The van der Waals surface area contributed by atoms with Crippen LogP contribution in [0.15, 0.2) is 18.2 Å². The summed E-state index contributed by atoms with van der Waals surface area (Å²) in [5.74, 6) is 0.788. The molecule has 0 amide bonds. The molecule has 114 valence electrons. The monoisotopic (exact) mass is 281 g/mol. The van der Waals surface area contributed by atoms with E-state index in [1.165, 1.54) is 6.42 Å². The molecule has 0 spiro atoms. The number of phenolic OH excluding ortho intramolecular Hbond substituents is 1. The van der Waals surface area contributed by atoms with Crippen molar-refractivity contribution in [3.63, 3.8) is 0 Å². The summed E-state index contributed by atoms with van der Waals surface area (Å²) in [6.07, 6.45) is 3.29. The van der Waals surface area contributed by atoms with Gasteiger partial charge in [0.15, 0.2) is 11.5 Å². The highest BCUT2D eigenvalue weighted by molar-refractivity contribution is 5.45. The number of nitrogens with one attached hydrogen (secondary N) is 1. The van der Waals surface area contributed by atoms with Gasteiger partial charge in [0.05, 0.1) is 6.61 Å². The van der Waals surface area contributed by atoms with E-state index in [0.717, 1.165) is 38.2 Å². The van der Waals surface area contributed by atoms with Crippen molar-refractivity contribution < 1.29 is 14.6 Å². The summed E-state index contributed by atoms with van der Waals surface area (Å²) in [7, 11) is 0. The third kappa shape index (κ3) is 6.26. The van der Waals surface area contributed by atoms with Crippen molar-refractivity contribution in [3.8, 4) is 11.5 Å². The Bertz CT molecular complexity index is 369. The summed E-state index contributed by atoms with van der Waals surface area (Å²) in [5.41, 5.74) is 0.864. The molecule has 4 heteroatoms. The summed E-state index contributed by atoms with van der Waals surface area (Å²) in [6.45, 7) is 7.79. The maximum atomic E-state index is 10.0. The Morgan fingerprint density at radius 2 is 1.95 bits per heavy atom. The van der Waals surface area contributed by atoms with E-state index in [9.17, 15) is 5.11 Å². The highest BCUT2D eigenvalue weighted by Crippen LogP contribution is 2.29. The molecule has 20 heavy (non-hydrogen) atoms. The molecule has 1 aromatic rings. The maximum absolute atomic E-state index is 10.0. The van der Waals surface area contributed by atoms with Gasteiger partial charge in [-0.1, -0.05) is 25.5 Å². The normalized spacial score (nSPS) is 10.7. The van der Waals surface area contributed by atoms with E-state index in [1.54, 1.807) is 6.07 Å². The van der Waals surface area contributed by atoms with E-state index < -0.39 is 0 Å². The van der Waals surface area contributed by atoms with Crippen LogP contribution in [0, 0.1) is 0 Å². The van der Waals surface area contributed by atoms with Gasteiger partial charge in [-0.15, -0.1) is 0 Å². The van der Waals surface area contributed by atoms with E-state index in [4.69, 9.17) is 9.47 Å². The van der Waals surface area contributed by atoms with Gasteiger partial charge < -0.3 is 19.9 Å². The molecule has 1 aromatic carbocycles. The standard InChI is InChI=1S/C16H27NO3/c1-3-5-11-19-12-7-10-17-13-14-8-6-9-15(16(14)18)20-4-2/h6,8-9,17-18H,3-5,7,10-13H2,1-2H3. The Balaban J connectivity index is 2.20. The van der Waals surface area contributed by atoms with Gasteiger partial charge in [-0.25, -0.2) is 0 Å².